The molecule has 2 heterocycles. The van der Waals surface area contributed by atoms with E-state index in [-0.39, 0.29) is 0 Å². The number of hydrogen-bond acceptors (Lipinski definition) is 5. The number of amides is 1. The number of pyridine rings is 2. The van der Waals surface area contributed by atoms with Crippen LogP contribution in [-0.4, -0.2) is 29.0 Å². The molecule has 2 aromatic heterocycles. The van der Waals surface area contributed by atoms with Crippen molar-refractivity contribution < 1.29 is 4.79 Å². The molecule has 6 aromatic rings. The van der Waals surface area contributed by atoms with E-state index in [9.17, 15) is 4.79 Å². The van der Waals surface area contributed by atoms with E-state index >= 15 is 0 Å². The van der Waals surface area contributed by atoms with Gasteiger partial charge in [-0.1, -0.05) is 84.4 Å². The summed E-state index contributed by atoms with van der Waals surface area (Å²) in [6.45, 7) is 2.37. The topological polar surface area (TPSA) is 92.9 Å². The molecule has 43 heavy (non-hydrogen) atoms. The van der Waals surface area contributed by atoms with Gasteiger partial charge in [0, 0.05) is 57.8 Å². The molecular weight excluding hydrogens is 554 g/mol. The van der Waals surface area contributed by atoms with Gasteiger partial charge in [0.25, 0.3) is 0 Å². The Balaban J connectivity index is 1.01. The molecule has 0 saturated heterocycles. The number of fused-ring (bicyclic) bond motifs is 3. The quantitative estimate of drug-likeness (QED) is 0.111. The van der Waals surface area contributed by atoms with Crippen LogP contribution in [0.3, 0.4) is 0 Å². The highest BCUT2D eigenvalue weighted by atomic mass is 35.5. The lowest BCUT2D eigenvalue weighted by atomic mass is 10.0. The van der Waals surface area contributed by atoms with Gasteiger partial charge in [-0.2, -0.15) is 0 Å². The van der Waals surface area contributed by atoms with E-state index < -0.39 is 5.91 Å². The minimum Gasteiger partial charge on any atom is -0.369 e. The third-order valence-corrected chi connectivity index (χ3v) is 7.96. The van der Waals surface area contributed by atoms with Crippen molar-refractivity contribution in [3.63, 3.8) is 0 Å². The number of nitrogens with zero attached hydrogens (tertiary/aromatic N) is 2. The molecule has 1 amide bonds. The first kappa shape index (κ1) is 28.3. The van der Waals surface area contributed by atoms with E-state index in [4.69, 9.17) is 22.3 Å². The van der Waals surface area contributed by atoms with Crippen molar-refractivity contribution >= 4 is 45.0 Å². The monoisotopic (exact) mass is 585 g/mol. The van der Waals surface area contributed by atoms with Crippen molar-refractivity contribution in [3.8, 4) is 11.1 Å². The number of rotatable bonds is 11. The Morgan fingerprint density at radius 2 is 1.51 bits per heavy atom. The first-order chi connectivity index (χ1) is 21.0. The van der Waals surface area contributed by atoms with Crippen molar-refractivity contribution in [2.24, 2.45) is 5.73 Å². The smallest absolute Gasteiger partial charge is 0.248 e. The highest BCUT2D eigenvalue weighted by Gasteiger charge is 2.11. The van der Waals surface area contributed by atoms with E-state index in [2.05, 4.69) is 64.1 Å². The third-order valence-electron chi connectivity index (χ3n) is 7.65. The lowest BCUT2D eigenvalue weighted by molar-refractivity contribution is 0.100. The van der Waals surface area contributed by atoms with E-state index in [1.165, 1.54) is 16.7 Å². The average Bonchev–Trinajstić information content (AvgIpc) is 3.04. The van der Waals surface area contributed by atoms with E-state index in [0.717, 1.165) is 70.6 Å². The van der Waals surface area contributed by atoms with Crippen LogP contribution in [0.5, 0.6) is 0 Å². The summed E-state index contributed by atoms with van der Waals surface area (Å²) in [5.74, 6) is 0.299. The summed E-state index contributed by atoms with van der Waals surface area (Å²) in [7, 11) is 0. The average molecular weight is 586 g/mol. The number of halogens is 1. The van der Waals surface area contributed by atoms with Gasteiger partial charge in [0.15, 0.2) is 0 Å². The number of nitrogens with one attached hydrogen (secondary N) is 2. The first-order valence-electron chi connectivity index (χ1n) is 14.4. The van der Waals surface area contributed by atoms with Gasteiger partial charge in [0.2, 0.25) is 5.91 Å². The number of anilines is 1. The molecular formula is C36H32ClN5O. The molecule has 0 fully saturated rings. The third kappa shape index (κ3) is 6.67. The molecule has 6 nitrogen and oxygen atoms in total. The molecule has 0 spiro atoms. The Bertz CT molecular complexity index is 1890. The Labute approximate surface area is 255 Å². The Morgan fingerprint density at radius 3 is 2.26 bits per heavy atom. The zero-order chi connectivity index (χ0) is 29.6. The second-order valence-corrected chi connectivity index (χ2v) is 11.0. The van der Waals surface area contributed by atoms with Crippen molar-refractivity contribution in [3.05, 3.63) is 137 Å². The second-order valence-electron chi connectivity index (χ2n) is 10.6. The molecule has 0 aliphatic heterocycles. The fraction of sp³-hybridized carbons (Fsp3) is 0.139. The van der Waals surface area contributed by atoms with Gasteiger partial charge in [-0.3, -0.25) is 9.78 Å². The summed E-state index contributed by atoms with van der Waals surface area (Å²) >= 11 is 6.57. The van der Waals surface area contributed by atoms with Crippen molar-refractivity contribution in [2.45, 2.75) is 19.4 Å². The zero-order valence-corrected chi connectivity index (χ0v) is 24.4. The molecule has 7 heteroatoms. The predicted octanol–water partition coefficient (Wildman–Crippen LogP) is 7.19. The maximum absolute atomic E-state index is 11.7. The summed E-state index contributed by atoms with van der Waals surface area (Å²) < 4.78 is 0. The minimum atomic E-state index is -0.470. The molecule has 4 N–H and O–H groups in total. The summed E-state index contributed by atoms with van der Waals surface area (Å²) in [6.07, 6.45) is 5.40. The van der Waals surface area contributed by atoms with Crippen molar-refractivity contribution in [2.75, 3.05) is 18.4 Å². The molecule has 6 rings (SSSR count). The predicted molar refractivity (Wildman–Crippen MR) is 176 cm³/mol. The summed E-state index contributed by atoms with van der Waals surface area (Å²) in [5, 5.41) is 10.7. The number of primary amides is 1. The lowest BCUT2D eigenvalue weighted by Crippen LogP contribution is -2.16. The maximum atomic E-state index is 11.7. The number of nitrogens with two attached hydrogens (primary N) is 1. The summed E-state index contributed by atoms with van der Waals surface area (Å²) in [6, 6.07) is 32.6. The number of benzene rings is 4. The molecule has 0 aliphatic rings. The van der Waals surface area contributed by atoms with Gasteiger partial charge in [-0.05, 0) is 65.9 Å². The Morgan fingerprint density at radius 1 is 0.767 bits per heavy atom. The highest BCUT2D eigenvalue weighted by molar-refractivity contribution is 6.33. The van der Waals surface area contributed by atoms with Gasteiger partial charge in [-0.25, -0.2) is 4.98 Å². The van der Waals surface area contributed by atoms with Crippen LogP contribution < -0.4 is 16.4 Å². The number of aromatic nitrogens is 2. The molecule has 0 radical (unpaired) electrons. The summed E-state index contributed by atoms with van der Waals surface area (Å²) in [4.78, 5) is 20.8. The summed E-state index contributed by atoms with van der Waals surface area (Å²) in [5.41, 5.74) is 12.5. The largest absolute Gasteiger partial charge is 0.369 e. The van der Waals surface area contributed by atoms with Crippen LogP contribution in [0.25, 0.3) is 32.8 Å². The van der Waals surface area contributed by atoms with Crippen LogP contribution in [0.4, 0.5) is 5.82 Å². The molecule has 0 atom stereocenters. The van der Waals surface area contributed by atoms with Gasteiger partial charge >= 0.3 is 0 Å². The van der Waals surface area contributed by atoms with Crippen LogP contribution in [0.15, 0.2) is 109 Å². The number of hydrogen-bond donors (Lipinski definition) is 3. The minimum absolute atomic E-state index is 0.436. The maximum Gasteiger partial charge on any atom is 0.248 e. The first-order valence-corrected chi connectivity index (χ1v) is 14.8. The Hall–Kier alpha value is -4.78. The molecule has 0 saturated carbocycles. The number of carbonyl (C=O) groups is 1. The van der Waals surface area contributed by atoms with E-state index in [1.807, 2.05) is 42.6 Å². The van der Waals surface area contributed by atoms with Crippen LogP contribution >= 0.6 is 11.6 Å². The van der Waals surface area contributed by atoms with Gasteiger partial charge in [0.05, 0.1) is 5.52 Å². The van der Waals surface area contributed by atoms with Crippen LogP contribution in [-0.2, 0) is 19.4 Å². The zero-order valence-electron chi connectivity index (χ0n) is 23.7. The fourth-order valence-corrected chi connectivity index (χ4v) is 5.63. The van der Waals surface area contributed by atoms with Crippen LogP contribution in [0.2, 0.25) is 5.02 Å². The Kier molecular flexibility index (Phi) is 8.59. The van der Waals surface area contributed by atoms with Crippen LogP contribution in [0.1, 0.15) is 27.0 Å². The van der Waals surface area contributed by atoms with Gasteiger partial charge in [-0.15, -0.1) is 0 Å². The fourth-order valence-electron chi connectivity index (χ4n) is 5.32. The number of carbonyl (C=O) groups excluding carboxylic acids is 1. The molecule has 0 aliphatic carbocycles. The van der Waals surface area contributed by atoms with Gasteiger partial charge < -0.3 is 16.4 Å². The van der Waals surface area contributed by atoms with E-state index in [0.29, 0.717) is 11.1 Å². The highest BCUT2D eigenvalue weighted by Crippen LogP contribution is 2.30. The SMILES string of the molecule is NC(=O)c1ccc2c(c1)nc(NCCc1ccc(CCNCc3ccc(-c4ccccc4)c(Cl)c3)cc1)c1ccncc12. The molecule has 214 valence electrons. The van der Waals surface area contributed by atoms with E-state index in [1.54, 1.807) is 18.3 Å². The second kappa shape index (κ2) is 13.0. The molecule has 0 unspecified atom stereocenters. The van der Waals surface area contributed by atoms with Gasteiger partial charge in [0.1, 0.15) is 5.82 Å². The standard InChI is InChI=1S/C36H32ClN5O/c37-33-20-26(10-12-29(33)27-4-2-1-3-5-27)22-39-17-14-24-6-8-25(9-7-24)15-19-41-36-31-16-18-40-23-32(31)30-13-11-28(35(38)43)21-34(30)42-36/h1-13,16,18,20-21,23,39H,14-15,17,19,22H2,(H2,38,43)(H,41,42). The molecule has 4 aromatic carbocycles. The normalized spacial score (nSPS) is 11.2. The van der Waals surface area contributed by atoms with Crippen molar-refractivity contribution in [1.29, 1.82) is 0 Å². The lowest BCUT2D eigenvalue weighted by Gasteiger charge is -2.12. The molecule has 0 bridgehead atoms. The van der Waals surface area contributed by atoms with Crippen LogP contribution in [0, 0.1) is 0 Å². The van der Waals surface area contributed by atoms with Crippen molar-refractivity contribution in [1.82, 2.24) is 15.3 Å².